The molecule has 2 aromatic heterocycles. The van der Waals surface area contributed by atoms with Crippen LogP contribution in [0.25, 0.3) is 10.8 Å². The maximum atomic E-state index is 12.2. The highest BCUT2D eigenvalue weighted by molar-refractivity contribution is 7.13. The van der Waals surface area contributed by atoms with Crippen LogP contribution in [0.1, 0.15) is 5.69 Å². The highest BCUT2D eigenvalue weighted by atomic mass is 32.1. The van der Waals surface area contributed by atoms with Crippen molar-refractivity contribution in [2.45, 2.75) is 12.5 Å². The molecule has 1 N–H and O–H groups in total. The Labute approximate surface area is 130 Å². The van der Waals surface area contributed by atoms with Crippen molar-refractivity contribution in [1.29, 1.82) is 0 Å². The normalized spacial score (nSPS) is 18.4. The fourth-order valence-corrected chi connectivity index (χ4v) is 2.85. The number of hydrogen-bond donors (Lipinski definition) is 1. The summed E-state index contributed by atoms with van der Waals surface area (Å²) in [7, 11) is 0. The Morgan fingerprint density at radius 1 is 1.50 bits per heavy atom. The summed E-state index contributed by atoms with van der Waals surface area (Å²) in [5.74, 6) is -0.748. The Kier molecular flexibility index (Phi) is 4.21. The molecule has 0 radical (unpaired) electrons. The number of carbonyl (C=O) groups is 2. The lowest BCUT2D eigenvalue weighted by Gasteiger charge is -2.30. The van der Waals surface area contributed by atoms with Crippen molar-refractivity contribution in [3.05, 3.63) is 29.5 Å². The molecule has 22 heavy (non-hydrogen) atoms. The van der Waals surface area contributed by atoms with E-state index >= 15 is 0 Å². The van der Waals surface area contributed by atoms with E-state index < -0.39 is 12.1 Å². The zero-order valence-corrected chi connectivity index (χ0v) is 12.4. The lowest BCUT2D eigenvalue weighted by molar-refractivity contribution is -0.159. The highest BCUT2D eigenvalue weighted by Crippen LogP contribution is 2.23. The van der Waals surface area contributed by atoms with E-state index in [1.807, 2.05) is 17.5 Å². The van der Waals surface area contributed by atoms with Gasteiger partial charge in [-0.05, 0) is 11.4 Å². The molecule has 1 aliphatic rings. The van der Waals surface area contributed by atoms with Gasteiger partial charge in [0.1, 0.15) is 6.26 Å². The summed E-state index contributed by atoms with van der Waals surface area (Å²) >= 11 is 1.51. The van der Waals surface area contributed by atoms with Gasteiger partial charge < -0.3 is 19.2 Å². The molecule has 8 heteroatoms. The first-order valence-electron chi connectivity index (χ1n) is 6.74. The fourth-order valence-electron chi connectivity index (χ4n) is 2.19. The fraction of sp³-hybridized carbons (Fsp3) is 0.357. The lowest BCUT2D eigenvalue weighted by Crippen LogP contribution is -2.49. The van der Waals surface area contributed by atoms with Gasteiger partial charge in [-0.25, -0.2) is 9.78 Å². The zero-order valence-electron chi connectivity index (χ0n) is 11.6. The molecule has 0 bridgehead atoms. The van der Waals surface area contributed by atoms with Crippen LogP contribution in [-0.2, 0) is 20.7 Å². The smallest absolute Gasteiger partial charge is 0.334 e. The van der Waals surface area contributed by atoms with E-state index in [0.717, 1.165) is 4.88 Å². The summed E-state index contributed by atoms with van der Waals surface area (Å²) in [4.78, 5) is 29.8. The topological polar surface area (TPSA) is 92.9 Å². The summed E-state index contributed by atoms with van der Waals surface area (Å²) in [6, 6.07) is 3.79. The van der Waals surface area contributed by atoms with E-state index in [4.69, 9.17) is 14.3 Å². The first kappa shape index (κ1) is 14.7. The van der Waals surface area contributed by atoms with Crippen LogP contribution in [0.4, 0.5) is 0 Å². The maximum Gasteiger partial charge on any atom is 0.334 e. The van der Waals surface area contributed by atoms with Gasteiger partial charge in [0.15, 0.2) is 6.10 Å². The van der Waals surface area contributed by atoms with E-state index in [0.29, 0.717) is 18.1 Å². The number of oxazole rings is 1. The van der Waals surface area contributed by atoms with Gasteiger partial charge in [0, 0.05) is 6.54 Å². The van der Waals surface area contributed by atoms with Gasteiger partial charge in [0.2, 0.25) is 11.8 Å². The number of nitrogens with zero attached hydrogens (tertiary/aromatic N) is 2. The minimum atomic E-state index is -1.06. The van der Waals surface area contributed by atoms with Crippen molar-refractivity contribution in [2.24, 2.45) is 0 Å². The molecular weight excluding hydrogens is 308 g/mol. The van der Waals surface area contributed by atoms with E-state index in [1.54, 1.807) is 0 Å². The van der Waals surface area contributed by atoms with Crippen molar-refractivity contribution >= 4 is 23.2 Å². The molecule has 1 fully saturated rings. The minimum Gasteiger partial charge on any atom is -0.479 e. The van der Waals surface area contributed by atoms with Crippen molar-refractivity contribution < 1.29 is 23.8 Å². The Hall–Kier alpha value is -2.19. The molecule has 3 rings (SSSR count). The van der Waals surface area contributed by atoms with Crippen LogP contribution in [0, 0.1) is 0 Å². The highest BCUT2D eigenvalue weighted by Gasteiger charge is 2.29. The number of aromatic nitrogens is 1. The number of ether oxygens (including phenoxy) is 1. The molecule has 0 spiro atoms. The van der Waals surface area contributed by atoms with Gasteiger partial charge in [0.05, 0.1) is 30.1 Å². The van der Waals surface area contributed by atoms with E-state index in [9.17, 15) is 9.59 Å². The van der Waals surface area contributed by atoms with Crippen LogP contribution < -0.4 is 0 Å². The number of carboxylic acid groups (broad SMARTS) is 1. The third kappa shape index (κ3) is 3.18. The molecule has 1 atom stereocenters. The van der Waals surface area contributed by atoms with Crippen molar-refractivity contribution in [1.82, 2.24) is 9.88 Å². The number of thiophene rings is 1. The first-order chi connectivity index (χ1) is 10.6. The second-order valence-corrected chi connectivity index (χ2v) is 5.78. The van der Waals surface area contributed by atoms with E-state index in [-0.39, 0.29) is 25.5 Å². The molecule has 1 saturated heterocycles. The summed E-state index contributed by atoms with van der Waals surface area (Å²) in [6.07, 6.45) is 0.584. The van der Waals surface area contributed by atoms with Crippen molar-refractivity contribution in [3.63, 3.8) is 0 Å². The Bertz CT molecular complexity index is 667. The number of carboxylic acids is 1. The predicted molar refractivity (Wildman–Crippen MR) is 77.5 cm³/mol. The lowest BCUT2D eigenvalue weighted by atomic mass is 10.2. The molecular formula is C14H14N2O5S. The standard InChI is InChI=1S/C14H14N2O5S/c17-12(16-3-4-20-10(7-16)14(18)19)6-9-8-21-13(15-9)11-2-1-5-22-11/h1-2,5,8,10H,3-4,6-7H2,(H,18,19)/t10-/m0/s1. The second kappa shape index (κ2) is 6.29. The molecule has 2 aromatic rings. The number of hydrogen-bond acceptors (Lipinski definition) is 6. The monoisotopic (exact) mass is 322 g/mol. The van der Waals surface area contributed by atoms with Gasteiger partial charge in [-0.2, -0.15) is 0 Å². The minimum absolute atomic E-state index is 0.0593. The van der Waals surface area contributed by atoms with Crippen LogP contribution in [0.5, 0.6) is 0 Å². The summed E-state index contributed by atoms with van der Waals surface area (Å²) in [5.41, 5.74) is 0.534. The maximum absolute atomic E-state index is 12.2. The molecule has 0 unspecified atom stereocenters. The Balaban J connectivity index is 1.63. The summed E-state index contributed by atoms with van der Waals surface area (Å²) in [5, 5.41) is 10.9. The summed E-state index contributed by atoms with van der Waals surface area (Å²) in [6.45, 7) is 0.671. The van der Waals surface area contributed by atoms with Crippen LogP contribution in [0.15, 0.2) is 28.2 Å². The number of amides is 1. The van der Waals surface area contributed by atoms with Gasteiger partial charge in [-0.15, -0.1) is 11.3 Å². The molecule has 0 aliphatic carbocycles. The molecule has 7 nitrogen and oxygen atoms in total. The largest absolute Gasteiger partial charge is 0.479 e. The quantitative estimate of drug-likeness (QED) is 0.911. The van der Waals surface area contributed by atoms with Crippen LogP contribution in [-0.4, -0.2) is 52.7 Å². The van der Waals surface area contributed by atoms with Crippen LogP contribution >= 0.6 is 11.3 Å². The van der Waals surface area contributed by atoms with Gasteiger partial charge >= 0.3 is 5.97 Å². The van der Waals surface area contributed by atoms with Gasteiger partial charge in [-0.1, -0.05) is 6.07 Å². The van der Waals surface area contributed by atoms with Crippen molar-refractivity contribution in [2.75, 3.05) is 19.7 Å². The predicted octanol–water partition coefficient (Wildman–Crippen LogP) is 1.26. The molecule has 116 valence electrons. The molecule has 1 aliphatic heterocycles. The molecule has 0 aromatic carbocycles. The number of carbonyl (C=O) groups excluding carboxylic acids is 1. The molecule has 1 amide bonds. The third-order valence-electron chi connectivity index (χ3n) is 3.31. The van der Waals surface area contributed by atoms with Crippen LogP contribution in [0.3, 0.4) is 0 Å². The zero-order chi connectivity index (χ0) is 15.5. The molecule has 0 saturated carbocycles. The average molecular weight is 322 g/mol. The molecule has 3 heterocycles. The second-order valence-electron chi connectivity index (χ2n) is 4.84. The van der Waals surface area contributed by atoms with E-state index in [2.05, 4.69) is 4.98 Å². The number of aliphatic carboxylic acids is 1. The van der Waals surface area contributed by atoms with Crippen molar-refractivity contribution in [3.8, 4) is 10.8 Å². The Morgan fingerprint density at radius 2 is 2.36 bits per heavy atom. The van der Waals surface area contributed by atoms with Crippen LogP contribution in [0.2, 0.25) is 0 Å². The SMILES string of the molecule is O=C(O)[C@@H]1CN(C(=O)Cc2coc(-c3cccs3)n2)CCO1. The first-order valence-corrected chi connectivity index (χ1v) is 7.62. The van der Waals surface area contributed by atoms with Gasteiger partial charge in [-0.3, -0.25) is 4.79 Å². The van der Waals surface area contributed by atoms with Gasteiger partial charge in [0.25, 0.3) is 0 Å². The Morgan fingerprint density at radius 3 is 3.09 bits per heavy atom. The third-order valence-corrected chi connectivity index (χ3v) is 4.17. The number of rotatable bonds is 4. The summed E-state index contributed by atoms with van der Waals surface area (Å²) < 4.78 is 10.5. The van der Waals surface area contributed by atoms with E-state index in [1.165, 1.54) is 22.5 Å². The number of morpholine rings is 1. The average Bonchev–Trinajstić information content (AvgIpc) is 3.18.